The Morgan fingerprint density at radius 2 is 1.67 bits per heavy atom. The number of rotatable bonds is 3. The topological polar surface area (TPSA) is 62.1 Å². The minimum Gasteiger partial charge on any atom is -0.390 e. The Labute approximate surface area is 190 Å². The number of pyridine rings is 1. The van der Waals surface area contributed by atoms with E-state index in [9.17, 15) is 18.3 Å². The summed E-state index contributed by atoms with van der Waals surface area (Å²) < 4.78 is 40.5. The summed E-state index contributed by atoms with van der Waals surface area (Å²) in [5.41, 5.74) is 2.75. The van der Waals surface area contributed by atoms with Gasteiger partial charge in [-0.1, -0.05) is 24.3 Å². The maximum Gasteiger partial charge on any atom is 0.434 e. The maximum absolute atomic E-state index is 13.5. The summed E-state index contributed by atoms with van der Waals surface area (Å²) in [6, 6.07) is 11.4. The largest absolute Gasteiger partial charge is 0.434 e. The molecule has 1 aliphatic heterocycles. The van der Waals surface area contributed by atoms with E-state index in [2.05, 4.69) is 44.1 Å². The lowest BCUT2D eigenvalue weighted by atomic mass is 9.76. The Kier molecular flexibility index (Phi) is 5.35. The molecule has 0 atom stereocenters. The second-order valence-electron chi connectivity index (χ2n) is 9.09. The van der Waals surface area contributed by atoms with Gasteiger partial charge in [0.25, 0.3) is 0 Å². The van der Waals surface area contributed by atoms with Gasteiger partial charge in [0.1, 0.15) is 5.69 Å². The Morgan fingerprint density at radius 3 is 2.27 bits per heavy atom. The van der Waals surface area contributed by atoms with E-state index < -0.39 is 18.5 Å². The number of alkyl halides is 3. The molecule has 5 rings (SSSR count). The molecule has 1 saturated heterocycles. The molecule has 8 heteroatoms. The first-order valence-corrected chi connectivity index (χ1v) is 11.1. The Balaban J connectivity index is 1.42. The van der Waals surface area contributed by atoms with Gasteiger partial charge in [-0.25, -0.2) is 9.97 Å². The molecular formula is C25H25F3N4O. The fraction of sp³-hybridized carbons (Fsp3) is 0.400. The van der Waals surface area contributed by atoms with Gasteiger partial charge in [0.2, 0.25) is 0 Å². The smallest absolute Gasteiger partial charge is 0.390 e. The standard InChI is InChI=1S/C25H25F3N4O/c1-16-21(19-7-4-10-29-22(19)25(26,27)28)31-20(15-33)23(30-16)32-11-8-24(9-12-32)13-17-5-2-3-6-18(17)14-24/h2-7,10,33H,8-9,11-15H2,1H3. The van der Waals surface area contributed by atoms with Crippen LogP contribution >= 0.6 is 0 Å². The molecule has 0 bridgehead atoms. The van der Waals surface area contributed by atoms with Crippen molar-refractivity contribution in [3.05, 3.63) is 70.8 Å². The first kappa shape index (κ1) is 21.8. The van der Waals surface area contributed by atoms with Crippen LogP contribution in [0.3, 0.4) is 0 Å². The molecule has 1 spiro atoms. The minimum absolute atomic E-state index is 0.1000. The van der Waals surface area contributed by atoms with Crippen LogP contribution in [0.25, 0.3) is 11.3 Å². The van der Waals surface area contributed by atoms with Crippen molar-refractivity contribution in [3.63, 3.8) is 0 Å². The van der Waals surface area contributed by atoms with Crippen molar-refractivity contribution < 1.29 is 18.3 Å². The van der Waals surface area contributed by atoms with Gasteiger partial charge in [-0.3, -0.25) is 4.98 Å². The lowest BCUT2D eigenvalue weighted by Gasteiger charge is -2.40. The number of halogens is 3. The van der Waals surface area contributed by atoms with Crippen molar-refractivity contribution >= 4 is 5.82 Å². The average molecular weight is 454 g/mol. The molecule has 0 radical (unpaired) electrons. The molecule has 0 amide bonds. The number of hydrogen-bond acceptors (Lipinski definition) is 5. The van der Waals surface area contributed by atoms with E-state index in [4.69, 9.17) is 0 Å². The SMILES string of the molecule is Cc1nc(N2CCC3(CC2)Cc2ccccc2C3)c(CO)nc1-c1cccnc1C(F)(F)F. The quantitative estimate of drug-likeness (QED) is 0.619. The van der Waals surface area contributed by atoms with E-state index in [0.29, 0.717) is 17.2 Å². The molecule has 0 unspecified atom stereocenters. The first-order chi connectivity index (χ1) is 15.8. The Bertz CT molecular complexity index is 1160. The molecule has 0 saturated carbocycles. The molecule has 1 aliphatic carbocycles. The number of aliphatic hydroxyl groups is 1. The zero-order valence-electron chi connectivity index (χ0n) is 18.4. The van der Waals surface area contributed by atoms with Crippen molar-refractivity contribution in [1.29, 1.82) is 0 Å². The third kappa shape index (κ3) is 3.97. The highest BCUT2D eigenvalue weighted by molar-refractivity contribution is 5.66. The summed E-state index contributed by atoms with van der Waals surface area (Å²) in [5.74, 6) is 0.557. The van der Waals surface area contributed by atoms with Crippen LogP contribution in [-0.2, 0) is 25.6 Å². The fourth-order valence-electron chi connectivity index (χ4n) is 5.30. The number of aromatic nitrogens is 3. The molecule has 1 N–H and O–H groups in total. The number of hydrogen-bond donors (Lipinski definition) is 1. The molecule has 172 valence electrons. The van der Waals surface area contributed by atoms with Crippen LogP contribution in [0.1, 0.15) is 41.1 Å². The summed E-state index contributed by atoms with van der Waals surface area (Å²) in [6.45, 7) is 2.80. The van der Waals surface area contributed by atoms with Gasteiger partial charge in [-0.2, -0.15) is 13.2 Å². The van der Waals surface area contributed by atoms with Crippen LogP contribution in [0.5, 0.6) is 0 Å². The molecule has 2 aromatic heterocycles. The van der Waals surface area contributed by atoms with Crippen molar-refractivity contribution in [3.8, 4) is 11.3 Å². The van der Waals surface area contributed by atoms with Gasteiger partial charge in [-0.05, 0) is 61.3 Å². The third-order valence-electron chi connectivity index (χ3n) is 6.98. The number of aliphatic hydroxyl groups excluding tert-OH is 1. The molecule has 1 aromatic carbocycles. The minimum atomic E-state index is -4.61. The highest BCUT2D eigenvalue weighted by Gasteiger charge is 2.40. The van der Waals surface area contributed by atoms with E-state index in [-0.39, 0.29) is 16.7 Å². The predicted molar refractivity (Wildman–Crippen MR) is 119 cm³/mol. The normalized spacial score (nSPS) is 17.4. The molecule has 1 fully saturated rings. The van der Waals surface area contributed by atoms with Gasteiger partial charge < -0.3 is 10.0 Å². The fourth-order valence-corrected chi connectivity index (χ4v) is 5.30. The monoisotopic (exact) mass is 454 g/mol. The third-order valence-corrected chi connectivity index (χ3v) is 6.98. The molecule has 5 nitrogen and oxygen atoms in total. The number of fused-ring (bicyclic) bond motifs is 1. The van der Waals surface area contributed by atoms with E-state index >= 15 is 0 Å². The number of anilines is 1. The summed E-state index contributed by atoms with van der Waals surface area (Å²) in [5, 5.41) is 10.00. The molecular weight excluding hydrogens is 429 g/mol. The number of nitrogens with zero attached hydrogens (tertiary/aromatic N) is 4. The van der Waals surface area contributed by atoms with Crippen LogP contribution in [0, 0.1) is 12.3 Å². The summed E-state index contributed by atoms with van der Waals surface area (Å²) in [7, 11) is 0. The highest BCUT2D eigenvalue weighted by Crippen LogP contribution is 2.45. The molecule has 33 heavy (non-hydrogen) atoms. The van der Waals surface area contributed by atoms with Gasteiger partial charge in [-0.15, -0.1) is 0 Å². The van der Waals surface area contributed by atoms with Crippen LogP contribution < -0.4 is 4.90 Å². The predicted octanol–water partition coefficient (Wildman–Crippen LogP) is 4.74. The lowest BCUT2D eigenvalue weighted by molar-refractivity contribution is -0.140. The maximum atomic E-state index is 13.5. The van der Waals surface area contributed by atoms with Gasteiger partial charge in [0.15, 0.2) is 11.5 Å². The van der Waals surface area contributed by atoms with Crippen LogP contribution in [-0.4, -0.2) is 33.1 Å². The van der Waals surface area contributed by atoms with E-state index in [1.807, 2.05) is 0 Å². The zero-order valence-corrected chi connectivity index (χ0v) is 18.4. The second kappa shape index (κ2) is 8.09. The van der Waals surface area contributed by atoms with Gasteiger partial charge in [0, 0.05) is 24.8 Å². The van der Waals surface area contributed by atoms with Crippen LogP contribution in [0.2, 0.25) is 0 Å². The number of piperidine rings is 1. The second-order valence-corrected chi connectivity index (χ2v) is 9.09. The zero-order chi connectivity index (χ0) is 23.2. The molecule has 2 aliphatic rings. The van der Waals surface area contributed by atoms with E-state index in [0.717, 1.165) is 45.0 Å². The van der Waals surface area contributed by atoms with Crippen molar-refractivity contribution in [2.24, 2.45) is 5.41 Å². The molecule has 3 aromatic rings. The van der Waals surface area contributed by atoms with Crippen LogP contribution in [0.15, 0.2) is 42.6 Å². The van der Waals surface area contributed by atoms with Gasteiger partial charge in [0.05, 0.1) is 18.0 Å². The lowest BCUT2D eigenvalue weighted by Crippen LogP contribution is -2.41. The Hall–Kier alpha value is -3.00. The summed E-state index contributed by atoms with van der Waals surface area (Å²) in [6.07, 6.45) is 0.652. The van der Waals surface area contributed by atoms with Crippen LogP contribution in [0.4, 0.5) is 19.0 Å². The highest BCUT2D eigenvalue weighted by atomic mass is 19.4. The van der Waals surface area contributed by atoms with E-state index in [1.54, 1.807) is 6.92 Å². The Morgan fingerprint density at radius 1 is 1.00 bits per heavy atom. The van der Waals surface area contributed by atoms with Crippen molar-refractivity contribution in [2.75, 3.05) is 18.0 Å². The van der Waals surface area contributed by atoms with E-state index in [1.165, 1.54) is 23.3 Å². The summed E-state index contributed by atoms with van der Waals surface area (Å²) >= 11 is 0. The summed E-state index contributed by atoms with van der Waals surface area (Å²) in [4.78, 5) is 14.7. The molecule has 3 heterocycles. The number of aryl methyl sites for hydroxylation is 1. The number of benzene rings is 1. The van der Waals surface area contributed by atoms with Crippen molar-refractivity contribution in [1.82, 2.24) is 15.0 Å². The van der Waals surface area contributed by atoms with Crippen molar-refractivity contribution in [2.45, 2.75) is 45.4 Å². The average Bonchev–Trinajstić information content (AvgIpc) is 3.16. The first-order valence-electron chi connectivity index (χ1n) is 11.1. The van der Waals surface area contributed by atoms with Gasteiger partial charge >= 0.3 is 6.18 Å².